The highest BCUT2D eigenvalue weighted by Crippen LogP contribution is 2.18. The van der Waals surface area contributed by atoms with E-state index in [4.69, 9.17) is 4.74 Å². The minimum absolute atomic E-state index is 0.257. The summed E-state index contributed by atoms with van der Waals surface area (Å²) in [6.07, 6.45) is 2.19. The lowest BCUT2D eigenvalue weighted by atomic mass is 9.97. The van der Waals surface area contributed by atoms with Crippen LogP contribution >= 0.6 is 0 Å². The molecular formula is C12H23N3O3. The zero-order valence-corrected chi connectivity index (χ0v) is 11.4. The second kappa shape index (κ2) is 7.33. The predicted octanol–water partition coefficient (Wildman–Crippen LogP) is 0.189. The Morgan fingerprint density at radius 3 is 2.83 bits per heavy atom. The predicted molar refractivity (Wildman–Crippen MR) is 68.2 cm³/mol. The van der Waals surface area contributed by atoms with E-state index in [1.165, 1.54) is 7.05 Å². The summed E-state index contributed by atoms with van der Waals surface area (Å²) in [7, 11) is 3.18. The zero-order chi connectivity index (χ0) is 13.5. The number of piperidine rings is 1. The first-order valence-electron chi connectivity index (χ1n) is 6.34. The van der Waals surface area contributed by atoms with Gasteiger partial charge in [-0.05, 0) is 32.2 Å². The number of likely N-dealkylation sites (tertiary alicyclic amines) is 1. The van der Waals surface area contributed by atoms with E-state index < -0.39 is 6.03 Å². The molecule has 0 aromatic carbocycles. The highest BCUT2D eigenvalue weighted by atomic mass is 16.5. The lowest BCUT2D eigenvalue weighted by molar-refractivity contribution is -0.125. The summed E-state index contributed by atoms with van der Waals surface area (Å²) in [5.74, 6) is 0.214. The van der Waals surface area contributed by atoms with E-state index in [2.05, 4.69) is 15.5 Å². The summed E-state index contributed by atoms with van der Waals surface area (Å²) in [6.45, 7) is 4.28. The molecule has 0 bridgehead atoms. The first kappa shape index (κ1) is 14.9. The smallest absolute Gasteiger partial charge is 0.321 e. The fourth-order valence-corrected chi connectivity index (χ4v) is 2.27. The van der Waals surface area contributed by atoms with Crippen molar-refractivity contribution >= 4 is 11.9 Å². The van der Waals surface area contributed by atoms with Gasteiger partial charge in [0, 0.05) is 20.7 Å². The number of nitrogens with zero attached hydrogens (tertiary/aromatic N) is 1. The molecule has 1 rings (SSSR count). The third-order valence-corrected chi connectivity index (χ3v) is 3.34. The second-order valence-electron chi connectivity index (χ2n) is 4.70. The molecule has 2 N–H and O–H groups in total. The average Bonchev–Trinajstić information content (AvgIpc) is 2.38. The van der Waals surface area contributed by atoms with Crippen LogP contribution in [0, 0.1) is 5.92 Å². The van der Waals surface area contributed by atoms with Crippen LogP contribution in [0.5, 0.6) is 0 Å². The van der Waals surface area contributed by atoms with Crippen LogP contribution in [-0.4, -0.2) is 56.7 Å². The number of carbonyl (C=O) groups excluding carboxylic acids is 2. The number of hydrogen-bond donors (Lipinski definition) is 2. The standard InChI is InChI=1S/C12H23N3O3/c1-9(11(16)14-12(17)13-2)15-6-4-5-10(7-15)8-18-3/h9-10H,4-8H2,1-3H3,(H2,13,14,16,17)/t9-,10-/m1/s1. The van der Waals surface area contributed by atoms with Crippen LogP contribution in [-0.2, 0) is 9.53 Å². The summed E-state index contributed by atoms with van der Waals surface area (Å²) in [5.41, 5.74) is 0. The highest BCUT2D eigenvalue weighted by Gasteiger charge is 2.27. The van der Waals surface area contributed by atoms with E-state index >= 15 is 0 Å². The van der Waals surface area contributed by atoms with Gasteiger partial charge in [0.15, 0.2) is 0 Å². The number of rotatable bonds is 4. The topological polar surface area (TPSA) is 70.7 Å². The number of methoxy groups -OCH3 is 1. The van der Waals surface area contributed by atoms with E-state index in [0.717, 1.165) is 32.5 Å². The van der Waals surface area contributed by atoms with Gasteiger partial charge in [-0.3, -0.25) is 15.0 Å². The fourth-order valence-electron chi connectivity index (χ4n) is 2.27. The van der Waals surface area contributed by atoms with Gasteiger partial charge >= 0.3 is 6.03 Å². The van der Waals surface area contributed by atoms with Crippen molar-refractivity contribution < 1.29 is 14.3 Å². The number of carbonyl (C=O) groups is 2. The monoisotopic (exact) mass is 257 g/mol. The van der Waals surface area contributed by atoms with Gasteiger partial charge in [-0.2, -0.15) is 0 Å². The quantitative estimate of drug-likeness (QED) is 0.754. The average molecular weight is 257 g/mol. The van der Waals surface area contributed by atoms with Gasteiger partial charge in [0.25, 0.3) is 0 Å². The van der Waals surface area contributed by atoms with Crippen LogP contribution < -0.4 is 10.6 Å². The molecule has 0 saturated carbocycles. The van der Waals surface area contributed by atoms with Gasteiger partial charge in [0.05, 0.1) is 12.6 Å². The van der Waals surface area contributed by atoms with Gasteiger partial charge in [0.1, 0.15) is 0 Å². The summed E-state index contributed by atoms with van der Waals surface area (Å²) in [4.78, 5) is 25.0. The summed E-state index contributed by atoms with van der Waals surface area (Å²) < 4.78 is 5.16. The Balaban J connectivity index is 2.47. The fraction of sp³-hybridized carbons (Fsp3) is 0.833. The Bertz CT molecular complexity index is 294. The molecule has 0 aromatic heterocycles. The molecular weight excluding hydrogens is 234 g/mol. The first-order valence-corrected chi connectivity index (χ1v) is 6.34. The number of hydrogen-bond acceptors (Lipinski definition) is 4. The third-order valence-electron chi connectivity index (χ3n) is 3.34. The lowest BCUT2D eigenvalue weighted by Crippen LogP contribution is -2.52. The molecule has 2 atom stereocenters. The molecule has 0 radical (unpaired) electrons. The number of nitrogens with one attached hydrogen (secondary N) is 2. The Hall–Kier alpha value is -1.14. The zero-order valence-electron chi connectivity index (χ0n) is 11.4. The number of urea groups is 1. The van der Waals surface area contributed by atoms with E-state index in [-0.39, 0.29) is 11.9 Å². The van der Waals surface area contributed by atoms with Crippen LogP contribution in [0.1, 0.15) is 19.8 Å². The minimum atomic E-state index is -0.461. The van der Waals surface area contributed by atoms with Crippen molar-refractivity contribution in [2.75, 3.05) is 33.9 Å². The second-order valence-corrected chi connectivity index (χ2v) is 4.70. The van der Waals surface area contributed by atoms with Crippen LogP contribution in [0.3, 0.4) is 0 Å². The van der Waals surface area contributed by atoms with Crippen LogP contribution in [0.2, 0.25) is 0 Å². The lowest BCUT2D eigenvalue weighted by Gasteiger charge is -2.35. The molecule has 0 unspecified atom stereocenters. The summed E-state index contributed by atoms with van der Waals surface area (Å²) in [6, 6.07) is -0.751. The van der Waals surface area contributed by atoms with Gasteiger partial charge in [-0.1, -0.05) is 0 Å². The molecule has 6 nitrogen and oxygen atoms in total. The molecule has 6 heteroatoms. The SMILES string of the molecule is CNC(=O)NC(=O)[C@@H](C)N1CCC[C@@H](COC)C1. The number of ether oxygens (including phenoxy) is 1. The van der Waals surface area contributed by atoms with E-state index in [9.17, 15) is 9.59 Å². The van der Waals surface area contributed by atoms with Crippen LogP contribution in [0.15, 0.2) is 0 Å². The largest absolute Gasteiger partial charge is 0.384 e. The molecule has 104 valence electrons. The Kier molecular flexibility index (Phi) is 6.07. The van der Waals surface area contributed by atoms with Gasteiger partial charge < -0.3 is 10.1 Å². The van der Waals surface area contributed by atoms with Crippen molar-refractivity contribution in [1.29, 1.82) is 0 Å². The Morgan fingerprint density at radius 2 is 2.22 bits per heavy atom. The molecule has 1 aliphatic rings. The van der Waals surface area contributed by atoms with E-state index in [1.807, 2.05) is 6.92 Å². The maximum absolute atomic E-state index is 11.8. The maximum atomic E-state index is 11.8. The molecule has 1 fully saturated rings. The van der Waals surface area contributed by atoms with Crippen molar-refractivity contribution in [2.45, 2.75) is 25.8 Å². The molecule has 0 aliphatic carbocycles. The summed E-state index contributed by atoms with van der Waals surface area (Å²) >= 11 is 0. The molecule has 18 heavy (non-hydrogen) atoms. The van der Waals surface area contributed by atoms with Gasteiger partial charge in [0.2, 0.25) is 5.91 Å². The molecule has 3 amide bonds. The Morgan fingerprint density at radius 1 is 1.50 bits per heavy atom. The van der Waals surface area contributed by atoms with E-state index in [0.29, 0.717) is 5.92 Å². The molecule has 0 aromatic rings. The first-order chi connectivity index (χ1) is 8.58. The van der Waals surface area contributed by atoms with Crippen molar-refractivity contribution in [2.24, 2.45) is 5.92 Å². The van der Waals surface area contributed by atoms with Crippen molar-refractivity contribution in [3.63, 3.8) is 0 Å². The number of amides is 3. The molecule has 1 saturated heterocycles. The van der Waals surface area contributed by atoms with Gasteiger partial charge in [-0.25, -0.2) is 4.79 Å². The van der Waals surface area contributed by atoms with Crippen LogP contribution in [0.25, 0.3) is 0 Å². The number of imide groups is 1. The Labute approximate surface area is 108 Å². The van der Waals surface area contributed by atoms with Crippen molar-refractivity contribution in [1.82, 2.24) is 15.5 Å². The van der Waals surface area contributed by atoms with Crippen molar-refractivity contribution in [3.05, 3.63) is 0 Å². The third kappa shape index (κ3) is 4.27. The molecule has 1 aliphatic heterocycles. The highest BCUT2D eigenvalue weighted by molar-refractivity contribution is 5.96. The van der Waals surface area contributed by atoms with Gasteiger partial charge in [-0.15, -0.1) is 0 Å². The van der Waals surface area contributed by atoms with Crippen molar-refractivity contribution in [3.8, 4) is 0 Å². The molecule has 0 spiro atoms. The van der Waals surface area contributed by atoms with Crippen LogP contribution in [0.4, 0.5) is 4.79 Å². The maximum Gasteiger partial charge on any atom is 0.321 e. The normalized spacial score (nSPS) is 22.3. The minimum Gasteiger partial charge on any atom is -0.384 e. The summed E-state index contributed by atoms with van der Waals surface area (Å²) in [5, 5.41) is 4.68. The van der Waals surface area contributed by atoms with E-state index in [1.54, 1.807) is 7.11 Å². The molecule has 1 heterocycles.